The van der Waals surface area contributed by atoms with E-state index in [2.05, 4.69) is 16.8 Å². The molecule has 0 aromatic carbocycles. The van der Waals surface area contributed by atoms with Gasteiger partial charge in [-0.2, -0.15) is 0 Å². The van der Waals surface area contributed by atoms with Crippen LogP contribution < -0.4 is 0 Å². The Morgan fingerprint density at radius 2 is 2.56 bits per heavy atom. The lowest BCUT2D eigenvalue weighted by atomic mass is 10.1. The third kappa shape index (κ3) is 3.54. The highest BCUT2D eigenvalue weighted by Gasteiger charge is 2.22. The van der Waals surface area contributed by atoms with Crippen molar-refractivity contribution in [1.29, 1.82) is 0 Å². The summed E-state index contributed by atoms with van der Waals surface area (Å²) in [6.07, 6.45) is 4.38. The van der Waals surface area contributed by atoms with Gasteiger partial charge in [0.15, 0.2) is 0 Å². The van der Waals surface area contributed by atoms with Crippen LogP contribution in [0.15, 0.2) is 11.7 Å². The average Bonchev–Trinajstić information content (AvgIpc) is 2.91. The second-order valence-electron chi connectivity index (χ2n) is 4.43. The van der Waals surface area contributed by atoms with E-state index in [9.17, 15) is 0 Å². The van der Waals surface area contributed by atoms with Crippen LogP contribution in [0.25, 0.3) is 0 Å². The van der Waals surface area contributed by atoms with Gasteiger partial charge in [0.1, 0.15) is 0 Å². The molecule has 0 spiro atoms. The van der Waals surface area contributed by atoms with Crippen molar-refractivity contribution in [3.05, 3.63) is 16.6 Å². The Kier molecular flexibility index (Phi) is 4.75. The molecule has 1 aliphatic heterocycles. The molecular weight excluding hydrogens is 220 g/mol. The number of ether oxygens (including phenoxy) is 1. The topological polar surface area (TPSA) is 25.4 Å². The van der Waals surface area contributed by atoms with Gasteiger partial charge in [0, 0.05) is 30.8 Å². The molecule has 2 heterocycles. The molecule has 0 aliphatic carbocycles. The number of hydrogen-bond acceptors (Lipinski definition) is 4. The molecule has 0 N–H and O–H groups in total. The molecule has 1 atom stereocenters. The van der Waals surface area contributed by atoms with Crippen molar-refractivity contribution in [3.63, 3.8) is 0 Å². The van der Waals surface area contributed by atoms with Crippen LogP contribution in [0.1, 0.15) is 24.6 Å². The lowest BCUT2D eigenvalue weighted by Gasteiger charge is -2.14. The van der Waals surface area contributed by atoms with Gasteiger partial charge in [-0.3, -0.25) is 9.88 Å². The normalized spacial score (nSPS) is 21.7. The Labute approximate surface area is 101 Å². The van der Waals surface area contributed by atoms with Crippen molar-refractivity contribution in [2.75, 3.05) is 26.3 Å². The predicted octanol–water partition coefficient (Wildman–Crippen LogP) is 2.39. The molecule has 90 valence electrons. The maximum absolute atomic E-state index is 5.61. The summed E-state index contributed by atoms with van der Waals surface area (Å²) in [6.45, 7) is 7.46. The van der Waals surface area contributed by atoms with E-state index in [4.69, 9.17) is 4.74 Å². The zero-order valence-corrected chi connectivity index (χ0v) is 10.7. The summed E-state index contributed by atoms with van der Waals surface area (Å²) in [5, 5.41) is 0. The van der Waals surface area contributed by atoms with Gasteiger partial charge in [-0.05, 0) is 25.3 Å². The van der Waals surface area contributed by atoms with Crippen LogP contribution in [0.5, 0.6) is 0 Å². The minimum Gasteiger partial charge on any atom is -0.381 e. The van der Waals surface area contributed by atoms with E-state index in [0.29, 0.717) is 0 Å². The summed E-state index contributed by atoms with van der Waals surface area (Å²) in [5.41, 5.74) is 1.91. The number of rotatable bonds is 6. The van der Waals surface area contributed by atoms with Crippen LogP contribution in [0.2, 0.25) is 0 Å². The molecule has 1 aromatic rings. The molecule has 3 nitrogen and oxygen atoms in total. The number of likely N-dealkylation sites (tertiary alicyclic amines) is 1. The van der Waals surface area contributed by atoms with Crippen molar-refractivity contribution in [3.8, 4) is 0 Å². The monoisotopic (exact) mass is 240 g/mol. The fourth-order valence-electron chi connectivity index (χ4n) is 2.13. The van der Waals surface area contributed by atoms with Crippen molar-refractivity contribution in [2.24, 2.45) is 5.92 Å². The highest BCUT2D eigenvalue weighted by molar-refractivity contribution is 7.09. The molecule has 1 aromatic heterocycles. The van der Waals surface area contributed by atoms with Gasteiger partial charge in [0.25, 0.3) is 0 Å². The first-order chi connectivity index (χ1) is 7.88. The smallest absolute Gasteiger partial charge is 0.0794 e. The molecule has 4 heteroatoms. The lowest BCUT2D eigenvalue weighted by molar-refractivity contribution is 0.101. The van der Waals surface area contributed by atoms with Gasteiger partial charge in [0.05, 0.1) is 12.1 Å². The van der Waals surface area contributed by atoms with Crippen LogP contribution in [0.3, 0.4) is 0 Å². The second kappa shape index (κ2) is 6.33. The van der Waals surface area contributed by atoms with Crippen LogP contribution in [0.4, 0.5) is 0 Å². The SMILES string of the molecule is CCCOC[C@@H]1CCN(Cc2cncs2)C1. The molecular formula is C12H20N2OS. The Bertz CT molecular complexity index is 289. The second-order valence-corrected chi connectivity index (χ2v) is 5.40. The van der Waals surface area contributed by atoms with E-state index < -0.39 is 0 Å². The number of hydrogen-bond donors (Lipinski definition) is 0. The molecule has 0 bridgehead atoms. The first kappa shape index (κ1) is 12.0. The van der Waals surface area contributed by atoms with Crippen molar-refractivity contribution >= 4 is 11.3 Å². The first-order valence-corrected chi connectivity index (χ1v) is 6.94. The molecule has 1 aliphatic rings. The van der Waals surface area contributed by atoms with Gasteiger partial charge in [-0.15, -0.1) is 11.3 Å². The van der Waals surface area contributed by atoms with E-state index in [1.165, 1.54) is 24.4 Å². The van der Waals surface area contributed by atoms with Gasteiger partial charge in [-0.1, -0.05) is 6.92 Å². The summed E-state index contributed by atoms with van der Waals surface area (Å²) in [6, 6.07) is 0. The summed E-state index contributed by atoms with van der Waals surface area (Å²) in [7, 11) is 0. The summed E-state index contributed by atoms with van der Waals surface area (Å²) in [4.78, 5) is 7.99. The fourth-order valence-corrected chi connectivity index (χ4v) is 2.76. The zero-order chi connectivity index (χ0) is 11.2. The van der Waals surface area contributed by atoms with Gasteiger partial charge in [-0.25, -0.2) is 0 Å². The first-order valence-electron chi connectivity index (χ1n) is 6.06. The van der Waals surface area contributed by atoms with E-state index in [1.54, 1.807) is 11.3 Å². The van der Waals surface area contributed by atoms with E-state index in [1.807, 2.05) is 11.7 Å². The van der Waals surface area contributed by atoms with Crippen molar-refractivity contribution in [2.45, 2.75) is 26.3 Å². The number of nitrogens with zero attached hydrogens (tertiary/aromatic N) is 2. The summed E-state index contributed by atoms with van der Waals surface area (Å²) >= 11 is 1.75. The van der Waals surface area contributed by atoms with E-state index in [0.717, 1.165) is 32.1 Å². The molecule has 1 fully saturated rings. The number of aromatic nitrogens is 1. The third-order valence-corrected chi connectivity index (χ3v) is 3.70. The van der Waals surface area contributed by atoms with Gasteiger partial charge >= 0.3 is 0 Å². The standard InChI is InChI=1S/C12H20N2OS/c1-2-5-15-9-11-3-4-14(7-11)8-12-6-13-10-16-12/h6,10-11H,2-5,7-9H2,1H3/t11-/m1/s1. The van der Waals surface area contributed by atoms with Gasteiger partial charge < -0.3 is 4.74 Å². The lowest BCUT2D eigenvalue weighted by Crippen LogP contribution is -2.21. The number of thiazole rings is 1. The average molecular weight is 240 g/mol. The highest BCUT2D eigenvalue weighted by atomic mass is 32.1. The summed E-state index contributed by atoms with van der Waals surface area (Å²) < 4.78 is 5.61. The third-order valence-electron chi connectivity index (χ3n) is 2.93. The zero-order valence-electron chi connectivity index (χ0n) is 9.89. The fraction of sp³-hybridized carbons (Fsp3) is 0.750. The maximum Gasteiger partial charge on any atom is 0.0794 e. The minimum atomic E-state index is 0.736. The molecule has 0 saturated carbocycles. The Morgan fingerprint density at radius 3 is 3.31 bits per heavy atom. The van der Waals surface area contributed by atoms with Crippen molar-refractivity contribution < 1.29 is 4.74 Å². The molecule has 0 amide bonds. The molecule has 0 unspecified atom stereocenters. The Hall–Kier alpha value is -0.450. The molecule has 16 heavy (non-hydrogen) atoms. The van der Waals surface area contributed by atoms with Crippen LogP contribution in [-0.4, -0.2) is 36.2 Å². The highest BCUT2D eigenvalue weighted by Crippen LogP contribution is 2.20. The molecule has 0 radical (unpaired) electrons. The van der Waals surface area contributed by atoms with Crippen LogP contribution >= 0.6 is 11.3 Å². The van der Waals surface area contributed by atoms with Crippen molar-refractivity contribution in [1.82, 2.24) is 9.88 Å². The largest absolute Gasteiger partial charge is 0.381 e. The Balaban J connectivity index is 1.67. The predicted molar refractivity (Wildman–Crippen MR) is 66.6 cm³/mol. The minimum absolute atomic E-state index is 0.736. The quantitative estimate of drug-likeness (QED) is 0.714. The van der Waals surface area contributed by atoms with Crippen LogP contribution in [-0.2, 0) is 11.3 Å². The Morgan fingerprint density at radius 1 is 1.62 bits per heavy atom. The summed E-state index contributed by atoms with van der Waals surface area (Å²) in [5.74, 6) is 0.736. The van der Waals surface area contributed by atoms with Crippen LogP contribution in [0, 0.1) is 5.92 Å². The van der Waals surface area contributed by atoms with E-state index in [-0.39, 0.29) is 0 Å². The molecule has 2 rings (SSSR count). The molecule has 1 saturated heterocycles. The van der Waals surface area contributed by atoms with E-state index >= 15 is 0 Å². The maximum atomic E-state index is 5.61. The van der Waals surface area contributed by atoms with Gasteiger partial charge in [0.2, 0.25) is 0 Å².